The molecule has 2 aromatic carbocycles. The maximum Gasteiger partial charge on any atom is 0.256 e. The highest BCUT2D eigenvalue weighted by Crippen LogP contribution is 2.29. The van der Waals surface area contributed by atoms with Gasteiger partial charge in [0.25, 0.3) is 5.91 Å². The Morgan fingerprint density at radius 2 is 2.08 bits per heavy atom. The Hall–Kier alpha value is -2.24. The third kappa shape index (κ3) is 3.24. The third-order valence-electron chi connectivity index (χ3n) is 4.88. The minimum absolute atomic E-state index is 0.0732. The van der Waals surface area contributed by atoms with Gasteiger partial charge in [0, 0.05) is 46.3 Å². The lowest BCUT2D eigenvalue weighted by Crippen LogP contribution is -2.33. The minimum atomic E-state index is -0.0732. The summed E-state index contributed by atoms with van der Waals surface area (Å²) >= 11 is 3.46. The molecule has 1 aliphatic rings. The number of hydrogen-bond donors (Lipinski definition) is 1. The summed E-state index contributed by atoms with van der Waals surface area (Å²) in [6, 6.07) is 15.6. The fraction of sp³-hybridized carbons (Fsp3) is 0.238. The lowest BCUT2D eigenvalue weighted by atomic mass is 9.95. The van der Waals surface area contributed by atoms with Gasteiger partial charge in [-0.3, -0.25) is 14.7 Å². The zero-order chi connectivity index (χ0) is 18.1. The van der Waals surface area contributed by atoms with Crippen LogP contribution in [0.4, 0.5) is 5.69 Å². The van der Waals surface area contributed by atoms with Crippen LogP contribution in [-0.2, 0) is 13.0 Å². The summed E-state index contributed by atoms with van der Waals surface area (Å²) in [4.78, 5) is 20.4. The largest absolute Gasteiger partial charge is 0.322 e. The van der Waals surface area contributed by atoms with Gasteiger partial charge in [0.15, 0.2) is 0 Å². The molecule has 1 aromatic heterocycles. The second-order valence-corrected chi connectivity index (χ2v) is 7.43. The van der Waals surface area contributed by atoms with E-state index < -0.39 is 0 Å². The first kappa shape index (κ1) is 17.2. The molecule has 0 saturated carbocycles. The van der Waals surface area contributed by atoms with Crippen molar-refractivity contribution in [2.45, 2.75) is 19.9 Å². The predicted molar refractivity (Wildman–Crippen MR) is 108 cm³/mol. The van der Waals surface area contributed by atoms with Crippen LogP contribution in [0.25, 0.3) is 10.9 Å². The first-order valence-corrected chi connectivity index (χ1v) is 9.64. The normalized spacial score (nSPS) is 14.2. The summed E-state index contributed by atoms with van der Waals surface area (Å²) in [7, 11) is 0. The number of carbonyl (C=O) groups is 1. The lowest BCUT2D eigenvalue weighted by molar-refractivity contribution is 0.102. The van der Waals surface area contributed by atoms with Crippen molar-refractivity contribution >= 4 is 38.4 Å². The lowest BCUT2D eigenvalue weighted by Gasteiger charge is -2.29. The highest BCUT2D eigenvalue weighted by Gasteiger charge is 2.25. The fourth-order valence-electron chi connectivity index (χ4n) is 3.54. The monoisotopic (exact) mass is 409 g/mol. The Morgan fingerprint density at radius 1 is 1.23 bits per heavy atom. The van der Waals surface area contributed by atoms with E-state index in [1.165, 1.54) is 0 Å². The number of aromatic nitrogens is 1. The quantitative estimate of drug-likeness (QED) is 0.685. The van der Waals surface area contributed by atoms with Crippen LogP contribution >= 0.6 is 15.9 Å². The minimum Gasteiger partial charge on any atom is -0.322 e. The number of fused-ring (bicyclic) bond motifs is 2. The van der Waals surface area contributed by atoms with E-state index in [1.54, 1.807) is 0 Å². The molecule has 5 heteroatoms. The van der Waals surface area contributed by atoms with Crippen LogP contribution in [0.1, 0.15) is 28.5 Å². The Labute approximate surface area is 161 Å². The van der Waals surface area contributed by atoms with Crippen molar-refractivity contribution in [1.82, 2.24) is 9.88 Å². The number of carbonyl (C=O) groups excluding carboxylic acids is 1. The molecular formula is C21H20BrN3O. The van der Waals surface area contributed by atoms with E-state index >= 15 is 0 Å². The van der Waals surface area contributed by atoms with Crippen LogP contribution in [0.3, 0.4) is 0 Å². The molecule has 0 aliphatic carbocycles. The number of anilines is 1. The number of likely N-dealkylation sites (N-methyl/N-ethyl adjacent to an activating group) is 1. The van der Waals surface area contributed by atoms with Gasteiger partial charge >= 0.3 is 0 Å². The molecule has 0 saturated heterocycles. The Bertz CT molecular complexity index is 986. The number of benzene rings is 2. The zero-order valence-electron chi connectivity index (χ0n) is 14.6. The molecule has 4 rings (SSSR count). The summed E-state index contributed by atoms with van der Waals surface area (Å²) in [5.41, 5.74) is 4.53. The number of pyridine rings is 1. The van der Waals surface area contributed by atoms with Crippen LogP contribution in [0.15, 0.2) is 53.0 Å². The van der Waals surface area contributed by atoms with Crippen molar-refractivity contribution in [2.75, 3.05) is 18.4 Å². The summed E-state index contributed by atoms with van der Waals surface area (Å²) in [5.74, 6) is -0.0732. The van der Waals surface area contributed by atoms with Crippen molar-refractivity contribution < 1.29 is 4.79 Å². The molecule has 0 radical (unpaired) electrons. The van der Waals surface area contributed by atoms with Crippen LogP contribution < -0.4 is 5.32 Å². The number of nitrogens with one attached hydrogen (secondary N) is 1. The van der Waals surface area contributed by atoms with Gasteiger partial charge < -0.3 is 5.32 Å². The van der Waals surface area contributed by atoms with Crippen molar-refractivity contribution in [3.8, 4) is 0 Å². The van der Waals surface area contributed by atoms with Gasteiger partial charge in [-0.2, -0.15) is 0 Å². The zero-order valence-corrected chi connectivity index (χ0v) is 16.2. The van der Waals surface area contributed by atoms with Gasteiger partial charge in [-0.15, -0.1) is 0 Å². The highest BCUT2D eigenvalue weighted by atomic mass is 79.9. The molecule has 26 heavy (non-hydrogen) atoms. The van der Waals surface area contributed by atoms with E-state index in [4.69, 9.17) is 4.98 Å². The molecule has 4 nitrogen and oxygen atoms in total. The van der Waals surface area contributed by atoms with E-state index in [0.717, 1.165) is 63.9 Å². The summed E-state index contributed by atoms with van der Waals surface area (Å²) in [6.45, 7) is 4.88. The van der Waals surface area contributed by atoms with Gasteiger partial charge in [-0.25, -0.2) is 0 Å². The fourth-order valence-corrected chi connectivity index (χ4v) is 3.93. The van der Waals surface area contributed by atoms with E-state index in [2.05, 4.69) is 33.1 Å². The molecule has 0 bridgehead atoms. The summed E-state index contributed by atoms with van der Waals surface area (Å²) in [6.07, 6.45) is 0.880. The summed E-state index contributed by atoms with van der Waals surface area (Å²) in [5, 5.41) is 3.97. The Kier molecular flexibility index (Phi) is 4.74. The second kappa shape index (κ2) is 7.17. The van der Waals surface area contributed by atoms with Gasteiger partial charge in [0.2, 0.25) is 0 Å². The van der Waals surface area contributed by atoms with E-state index in [1.807, 2.05) is 48.5 Å². The molecule has 3 aromatic rings. The molecule has 0 unspecified atom stereocenters. The van der Waals surface area contributed by atoms with Crippen molar-refractivity contribution in [3.05, 3.63) is 69.8 Å². The van der Waals surface area contributed by atoms with Crippen LogP contribution in [0, 0.1) is 0 Å². The predicted octanol–water partition coefficient (Wildman–Crippen LogP) is 4.63. The van der Waals surface area contributed by atoms with Crippen molar-refractivity contribution in [1.29, 1.82) is 0 Å². The van der Waals surface area contributed by atoms with Gasteiger partial charge in [0.1, 0.15) is 0 Å². The number of halogens is 1. The van der Waals surface area contributed by atoms with Gasteiger partial charge in [-0.1, -0.05) is 47.1 Å². The second-order valence-electron chi connectivity index (χ2n) is 6.51. The molecule has 0 spiro atoms. The topological polar surface area (TPSA) is 45.2 Å². The number of nitrogens with zero attached hydrogens (tertiary/aromatic N) is 2. The number of rotatable bonds is 3. The SMILES string of the molecule is CCN1CCc2nc3ccccc3c(C(=O)Nc3cccc(Br)c3)c2C1. The average molecular weight is 410 g/mol. The first-order chi connectivity index (χ1) is 12.7. The van der Waals surface area contributed by atoms with Crippen LogP contribution in [0.5, 0.6) is 0 Å². The molecule has 1 amide bonds. The standard InChI is InChI=1S/C21H20BrN3O/c1-2-25-11-10-19-17(13-25)20(16-8-3-4-9-18(16)24-19)21(26)23-15-7-5-6-14(22)12-15/h3-9,12H,2,10-11,13H2,1H3,(H,23,26). The van der Waals surface area contributed by atoms with Crippen LogP contribution in [-0.4, -0.2) is 28.9 Å². The van der Waals surface area contributed by atoms with E-state index in [0.29, 0.717) is 0 Å². The molecular weight excluding hydrogens is 390 g/mol. The van der Waals surface area contributed by atoms with Crippen molar-refractivity contribution in [2.24, 2.45) is 0 Å². The Balaban J connectivity index is 1.83. The van der Waals surface area contributed by atoms with Gasteiger partial charge in [-0.05, 0) is 30.8 Å². The average Bonchev–Trinajstić information content (AvgIpc) is 2.65. The molecule has 1 aliphatic heterocycles. The van der Waals surface area contributed by atoms with Crippen molar-refractivity contribution in [3.63, 3.8) is 0 Å². The highest BCUT2D eigenvalue weighted by molar-refractivity contribution is 9.10. The maximum atomic E-state index is 13.2. The molecule has 0 fully saturated rings. The van der Waals surface area contributed by atoms with E-state index in [9.17, 15) is 4.79 Å². The molecule has 2 heterocycles. The smallest absolute Gasteiger partial charge is 0.256 e. The maximum absolute atomic E-state index is 13.2. The number of para-hydroxylation sites is 1. The van der Waals surface area contributed by atoms with Gasteiger partial charge in [0.05, 0.1) is 11.1 Å². The first-order valence-electron chi connectivity index (χ1n) is 8.85. The summed E-state index contributed by atoms with van der Waals surface area (Å²) < 4.78 is 0.939. The Morgan fingerprint density at radius 3 is 2.88 bits per heavy atom. The third-order valence-corrected chi connectivity index (χ3v) is 5.38. The number of amides is 1. The molecule has 132 valence electrons. The molecule has 0 atom stereocenters. The molecule has 1 N–H and O–H groups in total. The number of hydrogen-bond acceptors (Lipinski definition) is 3. The van der Waals surface area contributed by atoms with E-state index in [-0.39, 0.29) is 5.91 Å². The van der Waals surface area contributed by atoms with Crippen LogP contribution in [0.2, 0.25) is 0 Å².